The van der Waals surface area contributed by atoms with Crippen molar-refractivity contribution in [2.75, 3.05) is 6.61 Å². The summed E-state index contributed by atoms with van der Waals surface area (Å²) >= 11 is 0. The molecule has 100 valence electrons. The van der Waals surface area contributed by atoms with Gasteiger partial charge in [-0.3, -0.25) is 10.1 Å². The van der Waals surface area contributed by atoms with E-state index in [0.717, 1.165) is 0 Å². The first-order valence-corrected chi connectivity index (χ1v) is 5.31. The van der Waals surface area contributed by atoms with Crippen LogP contribution in [0.4, 0.5) is 14.5 Å². The minimum atomic E-state index is -2.63. The second kappa shape index (κ2) is 5.47. The van der Waals surface area contributed by atoms with E-state index in [-0.39, 0.29) is 17.0 Å². The van der Waals surface area contributed by atoms with Gasteiger partial charge >= 0.3 is 0 Å². The Labute approximate surface area is 106 Å². The number of rotatable bonds is 5. The minimum Gasteiger partial charge on any atom is -0.487 e. The smallest absolute Gasteiger partial charge is 0.272 e. The molecule has 0 aliphatic heterocycles. The zero-order valence-corrected chi connectivity index (χ0v) is 9.58. The van der Waals surface area contributed by atoms with Crippen LogP contribution in [0.5, 0.6) is 5.75 Å². The SMILES string of the molecule is O=[N+]([O-])c1ccc(OCC(F)F)c(-c2ccco2)c1. The highest BCUT2D eigenvalue weighted by atomic mass is 19.3. The summed E-state index contributed by atoms with van der Waals surface area (Å²) in [6, 6.07) is 6.84. The molecule has 0 saturated heterocycles. The van der Waals surface area contributed by atoms with Crippen molar-refractivity contribution in [3.63, 3.8) is 0 Å². The molecular weight excluding hydrogens is 260 g/mol. The second-order valence-corrected chi connectivity index (χ2v) is 3.62. The zero-order valence-electron chi connectivity index (χ0n) is 9.58. The van der Waals surface area contributed by atoms with Crippen LogP contribution in [-0.2, 0) is 0 Å². The fraction of sp³-hybridized carbons (Fsp3) is 0.167. The fourth-order valence-electron chi connectivity index (χ4n) is 1.53. The predicted molar refractivity (Wildman–Crippen MR) is 62.3 cm³/mol. The van der Waals surface area contributed by atoms with Crippen molar-refractivity contribution in [1.29, 1.82) is 0 Å². The molecule has 2 aromatic rings. The van der Waals surface area contributed by atoms with Crippen LogP contribution in [0.2, 0.25) is 0 Å². The molecule has 0 aliphatic carbocycles. The molecule has 0 radical (unpaired) electrons. The zero-order chi connectivity index (χ0) is 13.8. The number of nitro benzene ring substituents is 1. The minimum absolute atomic E-state index is 0.112. The van der Waals surface area contributed by atoms with Gasteiger partial charge in [-0.1, -0.05) is 0 Å². The number of hydrogen-bond acceptors (Lipinski definition) is 4. The standard InChI is InChI=1S/C12H9F2NO4/c13-12(14)7-19-11-4-3-8(15(16)17)6-9(11)10-2-1-5-18-10/h1-6,12H,7H2. The average molecular weight is 269 g/mol. The summed E-state index contributed by atoms with van der Waals surface area (Å²) < 4.78 is 34.3. The average Bonchev–Trinajstić information content (AvgIpc) is 2.89. The Morgan fingerprint density at radius 1 is 1.37 bits per heavy atom. The van der Waals surface area contributed by atoms with Gasteiger partial charge in [-0.2, -0.15) is 0 Å². The molecular formula is C12H9F2NO4. The van der Waals surface area contributed by atoms with E-state index in [4.69, 9.17) is 9.15 Å². The van der Waals surface area contributed by atoms with Crippen molar-refractivity contribution >= 4 is 5.69 Å². The van der Waals surface area contributed by atoms with Gasteiger partial charge in [-0.15, -0.1) is 0 Å². The third-order valence-corrected chi connectivity index (χ3v) is 2.33. The Morgan fingerprint density at radius 2 is 2.16 bits per heavy atom. The van der Waals surface area contributed by atoms with Crippen LogP contribution >= 0.6 is 0 Å². The monoisotopic (exact) mass is 269 g/mol. The van der Waals surface area contributed by atoms with Crippen LogP contribution < -0.4 is 4.74 Å². The van der Waals surface area contributed by atoms with Crippen LogP contribution in [-0.4, -0.2) is 18.0 Å². The molecule has 5 nitrogen and oxygen atoms in total. The molecule has 0 aliphatic rings. The third kappa shape index (κ3) is 3.06. The van der Waals surface area contributed by atoms with Crippen LogP contribution in [0.25, 0.3) is 11.3 Å². The van der Waals surface area contributed by atoms with Gasteiger partial charge in [0.05, 0.1) is 16.7 Å². The Morgan fingerprint density at radius 3 is 2.74 bits per heavy atom. The first kappa shape index (κ1) is 13.0. The number of halogens is 2. The van der Waals surface area contributed by atoms with Gasteiger partial charge in [-0.25, -0.2) is 8.78 Å². The van der Waals surface area contributed by atoms with Crippen molar-refractivity contribution in [2.24, 2.45) is 0 Å². The maximum Gasteiger partial charge on any atom is 0.272 e. The fourth-order valence-corrected chi connectivity index (χ4v) is 1.53. The van der Waals surface area contributed by atoms with Crippen molar-refractivity contribution in [3.8, 4) is 17.1 Å². The van der Waals surface area contributed by atoms with Crippen LogP contribution in [0, 0.1) is 10.1 Å². The first-order chi connectivity index (χ1) is 9.08. The lowest BCUT2D eigenvalue weighted by Gasteiger charge is -2.09. The number of benzene rings is 1. The molecule has 7 heteroatoms. The number of alkyl halides is 2. The van der Waals surface area contributed by atoms with Crippen LogP contribution in [0.1, 0.15) is 0 Å². The van der Waals surface area contributed by atoms with Gasteiger partial charge in [-0.05, 0) is 18.2 Å². The van der Waals surface area contributed by atoms with Crippen molar-refractivity contribution < 1.29 is 22.9 Å². The molecule has 1 aromatic heterocycles. The van der Waals surface area contributed by atoms with E-state index in [9.17, 15) is 18.9 Å². The number of ether oxygens (including phenoxy) is 1. The van der Waals surface area contributed by atoms with Crippen LogP contribution in [0.15, 0.2) is 41.0 Å². The number of furan rings is 1. The molecule has 0 N–H and O–H groups in total. The Kier molecular flexibility index (Phi) is 3.74. The highest BCUT2D eigenvalue weighted by Crippen LogP contribution is 2.33. The summed E-state index contributed by atoms with van der Waals surface area (Å²) in [7, 11) is 0. The summed E-state index contributed by atoms with van der Waals surface area (Å²) in [5.74, 6) is 0.425. The van der Waals surface area contributed by atoms with E-state index >= 15 is 0 Å². The number of nitrogens with zero attached hydrogens (tertiary/aromatic N) is 1. The Hall–Kier alpha value is -2.44. The predicted octanol–water partition coefficient (Wildman–Crippen LogP) is 3.50. The third-order valence-electron chi connectivity index (χ3n) is 2.33. The quantitative estimate of drug-likeness (QED) is 0.615. The van der Waals surface area contributed by atoms with E-state index in [1.165, 1.54) is 24.5 Å². The highest BCUT2D eigenvalue weighted by Gasteiger charge is 2.16. The van der Waals surface area contributed by atoms with E-state index in [1.807, 2.05) is 0 Å². The van der Waals surface area contributed by atoms with Crippen molar-refractivity contribution in [3.05, 3.63) is 46.7 Å². The van der Waals surface area contributed by atoms with Gasteiger partial charge < -0.3 is 9.15 Å². The molecule has 0 atom stereocenters. The van der Waals surface area contributed by atoms with E-state index < -0.39 is 18.0 Å². The van der Waals surface area contributed by atoms with E-state index in [0.29, 0.717) is 5.76 Å². The Bertz CT molecular complexity index is 569. The summed E-state index contributed by atoms with van der Waals surface area (Å²) in [6.07, 6.45) is -1.25. The summed E-state index contributed by atoms with van der Waals surface area (Å²) in [6.45, 7) is -0.786. The van der Waals surface area contributed by atoms with Crippen molar-refractivity contribution in [1.82, 2.24) is 0 Å². The largest absolute Gasteiger partial charge is 0.487 e. The lowest BCUT2D eigenvalue weighted by molar-refractivity contribution is -0.384. The van der Waals surface area contributed by atoms with E-state index in [2.05, 4.69) is 0 Å². The lowest BCUT2D eigenvalue weighted by Crippen LogP contribution is -2.07. The van der Waals surface area contributed by atoms with Gasteiger partial charge in [0.15, 0.2) is 0 Å². The summed E-state index contributed by atoms with van der Waals surface area (Å²) in [5, 5.41) is 10.7. The topological polar surface area (TPSA) is 65.5 Å². The van der Waals surface area contributed by atoms with Gasteiger partial charge in [0, 0.05) is 12.1 Å². The lowest BCUT2D eigenvalue weighted by atomic mass is 10.1. The van der Waals surface area contributed by atoms with Crippen LogP contribution in [0.3, 0.4) is 0 Å². The normalized spacial score (nSPS) is 10.7. The number of hydrogen-bond donors (Lipinski definition) is 0. The van der Waals surface area contributed by atoms with Crippen molar-refractivity contribution in [2.45, 2.75) is 6.43 Å². The molecule has 0 fully saturated rings. The molecule has 1 heterocycles. The maximum atomic E-state index is 12.1. The first-order valence-electron chi connectivity index (χ1n) is 5.31. The summed E-state index contributed by atoms with van der Waals surface area (Å²) in [5.41, 5.74) is 0.0932. The highest BCUT2D eigenvalue weighted by molar-refractivity contribution is 5.68. The molecule has 0 bridgehead atoms. The Balaban J connectivity index is 2.39. The van der Waals surface area contributed by atoms with E-state index in [1.54, 1.807) is 12.1 Å². The maximum absolute atomic E-state index is 12.1. The number of non-ortho nitro benzene ring substituents is 1. The molecule has 0 saturated carbocycles. The second-order valence-electron chi connectivity index (χ2n) is 3.62. The molecule has 19 heavy (non-hydrogen) atoms. The molecule has 2 rings (SSSR count). The van der Waals surface area contributed by atoms with Gasteiger partial charge in [0.25, 0.3) is 12.1 Å². The number of nitro groups is 1. The van der Waals surface area contributed by atoms with Gasteiger partial charge in [0.1, 0.15) is 18.1 Å². The molecule has 0 spiro atoms. The summed E-state index contributed by atoms with van der Waals surface area (Å²) in [4.78, 5) is 10.1. The van der Waals surface area contributed by atoms with Gasteiger partial charge in [0.2, 0.25) is 0 Å². The molecule has 0 unspecified atom stereocenters. The molecule has 0 amide bonds. The molecule has 1 aromatic carbocycles.